The maximum Gasteiger partial charge on any atom is 0.0562 e. The van der Waals surface area contributed by atoms with Crippen LogP contribution in [-0.2, 0) is 0 Å². The van der Waals surface area contributed by atoms with E-state index in [-0.39, 0.29) is 0 Å². The smallest absolute Gasteiger partial charge is 0.0562 e. The molecule has 2 nitrogen and oxygen atoms in total. The molecule has 0 spiro atoms. The van der Waals surface area contributed by atoms with Crippen LogP contribution in [0.5, 0.6) is 0 Å². The van der Waals surface area contributed by atoms with Gasteiger partial charge in [-0.3, -0.25) is 0 Å². The Labute approximate surface area is 335 Å². The van der Waals surface area contributed by atoms with Crippen molar-refractivity contribution < 1.29 is 0 Å². The van der Waals surface area contributed by atoms with E-state index in [9.17, 15) is 0 Å². The Morgan fingerprint density at radius 1 is 0.368 bits per heavy atom. The van der Waals surface area contributed by atoms with E-state index in [0.29, 0.717) is 0 Å². The predicted octanol–water partition coefficient (Wildman–Crippen LogP) is 15.6. The first-order valence-electron chi connectivity index (χ1n) is 19.4. The summed E-state index contributed by atoms with van der Waals surface area (Å²) >= 11 is 1.86. The number of aromatic nitrogens is 1. The lowest BCUT2D eigenvalue weighted by Crippen LogP contribution is -2.12. The van der Waals surface area contributed by atoms with Crippen molar-refractivity contribution in [3.8, 4) is 39.1 Å². The molecule has 2 heterocycles. The van der Waals surface area contributed by atoms with Crippen LogP contribution in [0, 0.1) is 0 Å². The normalized spacial score (nSPS) is 11.5. The minimum Gasteiger partial charge on any atom is -0.309 e. The van der Waals surface area contributed by atoms with Gasteiger partial charge in [0.25, 0.3) is 0 Å². The molecule has 0 saturated carbocycles. The van der Waals surface area contributed by atoms with Gasteiger partial charge in [-0.15, -0.1) is 11.3 Å². The van der Waals surface area contributed by atoms with E-state index in [1.54, 1.807) is 0 Å². The van der Waals surface area contributed by atoms with Gasteiger partial charge in [-0.25, -0.2) is 0 Å². The van der Waals surface area contributed by atoms with E-state index in [2.05, 4.69) is 228 Å². The Bertz CT molecular complexity index is 3220. The molecule has 0 aliphatic rings. The van der Waals surface area contributed by atoms with Crippen molar-refractivity contribution in [1.29, 1.82) is 0 Å². The van der Waals surface area contributed by atoms with Crippen molar-refractivity contribution in [2.75, 3.05) is 4.90 Å². The number of rotatable bonds is 7. The molecular formula is C54H36N2S. The zero-order valence-electron chi connectivity index (χ0n) is 31.1. The van der Waals surface area contributed by atoms with Gasteiger partial charge in [0.1, 0.15) is 0 Å². The van der Waals surface area contributed by atoms with E-state index in [1.165, 1.54) is 69.8 Å². The molecule has 3 heteroatoms. The minimum atomic E-state index is 1.09. The maximum absolute atomic E-state index is 2.50. The second kappa shape index (κ2) is 13.8. The van der Waals surface area contributed by atoms with E-state index in [1.807, 2.05) is 11.3 Å². The summed E-state index contributed by atoms with van der Waals surface area (Å²) in [5.74, 6) is 0. The molecule has 0 atom stereocenters. The number of hydrogen-bond donors (Lipinski definition) is 0. The fraction of sp³-hybridized carbons (Fsp3) is 0. The largest absolute Gasteiger partial charge is 0.309 e. The van der Waals surface area contributed by atoms with Crippen LogP contribution in [0.1, 0.15) is 0 Å². The Morgan fingerprint density at radius 3 is 1.74 bits per heavy atom. The molecule has 9 aromatic carbocycles. The summed E-state index contributed by atoms with van der Waals surface area (Å²) in [5.41, 5.74) is 14.0. The van der Waals surface area contributed by atoms with Crippen LogP contribution in [0.15, 0.2) is 218 Å². The fourth-order valence-electron chi connectivity index (χ4n) is 8.65. The SMILES string of the molecule is c1ccc(-c2ccc(N(c3cccc(-c4ccccc4)c3-c3ccc4sc5ccccc5c4c3)c3cccc4c3c3ccccc3n4-c3ccccc3)cc2)cc1. The molecule has 0 aliphatic carbocycles. The predicted molar refractivity (Wildman–Crippen MR) is 245 cm³/mol. The lowest BCUT2D eigenvalue weighted by atomic mass is 9.91. The zero-order chi connectivity index (χ0) is 37.7. The summed E-state index contributed by atoms with van der Waals surface area (Å²) in [6, 6.07) is 79.5. The molecule has 2 aromatic heterocycles. The molecular weight excluding hydrogens is 709 g/mol. The Morgan fingerprint density at radius 2 is 0.947 bits per heavy atom. The van der Waals surface area contributed by atoms with Crippen LogP contribution >= 0.6 is 11.3 Å². The lowest BCUT2D eigenvalue weighted by Gasteiger charge is -2.30. The van der Waals surface area contributed by atoms with Gasteiger partial charge in [0.05, 0.1) is 22.4 Å². The molecule has 0 radical (unpaired) electrons. The van der Waals surface area contributed by atoms with Crippen LogP contribution in [-0.4, -0.2) is 4.57 Å². The molecule has 0 saturated heterocycles. The van der Waals surface area contributed by atoms with Crippen LogP contribution in [0.4, 0.5) is 17.1 Å². The van der Waals surface area contributed by atoms with Crippen molar-refractivity contribution in [3.05, 3.63) is 218 Å². The molecule has 57 heavy (non-hydrogen) atoms. The summed E-state index contributed by atoms with van der Waals surface area (Å²) < 4.78 is 5.01. The topological polar surface area (TPSA) is 8.17 Å². The first-order chi connectivity index (χ1) is 28.3. The number of nitrogens with zero attached hydrogens (tertiary/aromatic N) is 2. The third-order valence-corrected chi connectivity index (χ3v) is 12.3. The number of anilines is 3. The highest BCUT2D eigenvalue weighted by molar-refractivity contribution is 7.25. The highest BCUT2D eigenvalue weighted by Gasteiger charge is 2.25. The summed E-state index contributed by atoms with van der Waals surface area (Å²) in [6.45, 7) is 0. The number of thiophene rings is 1. The van der Waals surface area contributed by atoms with Gasteiger partial charge >= 0.3 is 0 Å². The van der Waals surface area contributed by atoms with E-state index in [0.717, 1.165) is 28.3 Å². The molecule has 0 aliphatic heterocycles. The third kappa shape index (κ3) is 5.63. The summed E-state index contributed by atoms with van der Waals surface area (Å²) in [5, 5.41) is 5.00. The van der Waals surface area contributed by atoms with Gasteiger partial charge in [0, 0.05) is 47.9 Å². The van der Waals surface area contributed by atoms with Gasteiger partial charge in [-0.1, -0.05) is 152 Å². The van der Waals surface area contributed by atoms with Gasteiger partial charge in [-0.05, 0) is 94.5 Å². The van der Waals surface area contributed by atoms with Crippen molar-refractivity contribution in [2.24, 2.45) is 0 Å². The summed E-state index contributed by atoms with van der Waals surface area (Å²) in [4.78, 5) is 2.50. The maximum atomic E-state index is 2.50. The van der Waals surface area contributed by atoms with Crippen molar-refractivity contribution in [1.82, 2.24) is 4.57 Å². The van der Waals surface area contributed by atoms with Crippen LogP contribution < -0.4 is 4.90 Å². The Hall–Kier alpha value is -7.20. The highest BCUT2D eigenvalue weighted by Crippen LogP contribution is 2.50. The van der Waals surface area contributed by atoms with Crippen molar-refractivity contribution in [3.63, 3.8) is 0 Å². The third-order valence-electron chi connectivity index (χ3n) is 11.2. The molecule has 0 N–H and O–H groups in total. The average Bonchev–Trinajstić information content (AvgIpc) is 3.83. The number of fused-ring (bicyclic) bond motifs is 6. The van der Waals surface area contributed by atoms with Crippen LogP contribution in [0.3, 0.4) is 0 Å². The quantitative estimate of drug-likeness (QED) is 0.158. The minimum absolute atomic E-state index is 1.09. The second-order valence-electron chi connectivity index (χ2n) is 14.5. The van der Waals surface area contributed by atoms with Crippen molar-refractivity contribution >= 4 is 70.4 Å². The number of hydrogen-bond acceptors (Lipinski definition) is 2. The lowest BCUT2D eigenvalue weighted by molar-refractivity contribution is 1.18. The van der Waals surface area contributed by atoms with Crippen molar-refractivity contribution in [2.45, 2.75) is 0 Å². The van der Waals surface area contributed by atoms with Crippen LogP contribution in [0.25, 0.3) is 81.0 Å². The zero-order valence-corrected chi connectivity index (χ0v) is 31.9. The molecule has 0 amide bonds. The van der Waals surface area contributed by atoms with Gasteiger partial charge in [0.2, 0.25) is 0 Å². The first-order valence-corrected chi connectivity index (χ1v) is 20.3. The summed E-state index contributed by atoms with van der Waals surface area (Å²) in [6.07, 6.45) is 0. The highest BCUT2D eigenvalue weighted by atomic mass is 32.1. The van der Waals surface area contributed by atoms with Crippen LogP contribution in [0.2, 0.25) is 0 Å². The Balaban J connectivity index is 1.23. The number of benzene rings is 9. The van der Waals surface area contributed by atoms with Gasteiger partial charge in [-0.2, -0.15) is 0 Å². The van der Waals surface area contributed by atoms with Gasteiger partial charge < -0.3 is 9.47 Å². The first kappa shape index (κ1) is 33.2. The van der Waals surface area contributed by atoms with E-state index in [4.69, 9.17) is 0 Å². The molecule has 11 aromatic rings. The second-order valence-corrected chi connectivity index (χ2v) is 15.6. The summed E-state index contributed by atoms with van der Waals surface area (Å²) in [7, 11) is 0. The Kier molecular flexibility index (Phi) is 8.04. The fourth-order valence-corrected chi connectivity index (χ4v) is 9.74. The van der Waals surface area contributed by atoms with Gasteiger partial charge in [0.15, 0.2) is 0 Å². The number of para-hydroxylation sites is 2. The molecule has 268 valence electrons. The standard InChI is InChI=1S/C54H36N2S/c1-4-16-37(17-5-1)38-30-33-42(34-31-38)56(50-28-15-27-49-54(50)45-23-10-12-25-47(45)55(49)41-20-8-3-9-21-41)48-26-14-24-43(39-18-6-2-7-19-39)53(48)40-32-35-52-46(36-40)44-22-11-13-29-51(44)57-52/h1-36H. The average molecular weight is 745 g/mol. The monoisotopic (exact) mass is 744 g/mol. The van der Waals surface area contributed by atoms with E-state index < -0.39 is 0 Å². The molecule has 0 fully saturated rings. The molecule has 11 rings (SSSR count). The van der Waals surface area contributed by atoms with E-state index >= 15 is 0 Å². The molecule has 0 unspecified atom stereocenters. The molecule has 0 bridgehead atoms.